The largest absolute Gasteiger partial charge is 0.481 e. The van der Waals surface area contributed by atoms with E-state index in [2.05, 4.69) is 19.2 Å². The van der Waals surface area contributed by atoms with E-state index >= 15 is 0 Å². The second-order valence-corrected chi connectivity index (χ2v) is 5.84. The lowest BCUT2D eigenvalue weighted by Crippen LogP contribution is -2.37. The number of carboxylic acid groups (broad SMARTS) is 1. The van der Waals surface area contributed by atoms with E-state index in [0.717, 1.165) is 12.5 Å². The maximum atomic E-state index is 10.7. The summed E-state index contributed by atoms with van der Waals surface area (Å²) >= 11 is 0. The van der Waals surface area contributed by atoms with E-state index in [-0.39, 0.29) is 5.92 Å². The zero-order valence-corrected chi connectivity index (χ0v) is 10.8. The maximum Gasteiger partial charge on any atom is 0.307 e. The Hall–Kier alpha value is -0.570. The van der Waals surface area contributed by atoms with Crippen molar-refractivity contribution >= 4 is 5.97 Å². The third kappa shape index (κ3) is 3.78. The van der Waals surface area contributed by atoms with Crippen molar-refractivity contribution in [2.45, 2.75) is 46.5 Å². The maximum absolute atomic E-state index is 10.7. The number of aliphatic carboxylic acids is 1. The van der Waals surface area contributed by atoms with Crippen molar-refractivity contribution in [3.63, 3.8) is 0 Å². The second-order valence-electron chi connectivity index (χ2n) is 5.84. The minimum atomic E-state index is -0.717. The molecular formula is C13H25NO2. The van der Waals surface area contributed by atoms with Crippen molar-refractivity contribution in [3.8, 4) is 0 Å². The van der Waals surface area contributed by atoms with Gasteiger partial charge in [-0.05, 0) is 24.2 Å². The lowest BCUT2D eigenvalue weighted by atomic mass is 9.77. The standard InChI is InChI=1S/C13H25NO2/c1-10(12(15)16)8-14-9-13(2,3)11-6-4-5-7-11/h10-11,14H,4-9H2,1-3H3,(H,15,16). The SMILES string of the molecule is CC(CNCC(C)(C)C1CCCC1)C(=O)O. The Morgan fingerprint density at radius 3 is 2.50 bits per heavy atom. The molecule has 0 bridgehead atoms. The van der Waals surface area contributed by atoms with Gasteiger partial charge in [0.15, 0.2) is 0 Å². The lowest BCUT2D eigenvalue weighted by molar-refractivity contribution is -0.140. The number of carboxylic acids is 1. The van der Waals surface area contributed by atoms with E-state index in [1.807, 2.05) is 0 Å². The van der Waals surface area contributed by atoms with Crippen LogP contribution >= 0.6 is 0 Å². The number of hydrogen-bond acceptors (Lipinski definition) is 2. The molecule has 0 aromatic rings. The minimum absolute atomic E-state index is 0.292. The Kier molecular flexibility index (Phi) is 4.78. The normalized spacial score (nSPS) is 19.9. The van der Waals surface area contributed by atoms with Gasteiger partial charge in [-0.1, -0.05) is 33.6 Å². The molecule has 1 saturated carbocycles. The van der Waals surface area contributed by atoms with Crippen LogP contribution in [0.5, 0.6) is 0 Å². The molecule has 1 aliphatic rings. The highest BCUT2D eigenvalue weighted by molar-refractivity contribution is 5.69. The topological polar surface area (TPSA) is 49.3 Å². The van der Waals surface area contributed by atoms with E-state index in [9.17, 15) is 4.79 Å². The van der Waals surface area contributed by atoms with Gasteiger partial charge in [0.1, 0.15) is 0 Å². The zero-order valence-electron chi connectivity index (χ0n) is 10.8. The van der Waals surface area contributed by atoms with Gasteiger partial charge in [0, 0.05) is 13.1 Å². The molecule has 16 heavy (non-hydrogen) atoms. The van der Waals surface area contributed by atoms with Crippen LogP contribution in [0.2, 0.25) is 0 Å². The molecule has 2 N–H and O–H groups in total. The molecule has 1 aliphatic carbocycles. The summed E-state index contributed by atoms with van der Waals surface area (Å²) < 4.78 is 0. The van der Waals surface area contributed by atoms with Crippen molar-refractivity contribution in [1.82, 2.24) is 5.32 Å². The summed E-state index contributed by atoms with van der Waals surface area (Å²) in [7, 11) is 0. The van der Waals surface area contributed by atoms with Crippen molar-refractivity contribution in [3.05, 3.63) is 0 Å². The van der Waals surface area contributed by atoms with Gasteiger partial charge in [-0.2, -0.15) is 0 Å². The van der Waals surface area contributed by atoms with Crippen LogP contribution in [0.15, 0.2) is 0 Å². The van der Waals surface area contributed by atoms with Gasteiger partial charge in [-0.3, -0.25) is 4.79 Å². The van der Waals surface area contributed by atoms with Gasteiger partial charge in [0.05, 0.1) is 5.92 Å². The Balaban J connectivity index is 2.27. The summed E-state index contributed by atoms with van der Waals surface area (Å²) in [6, 6.07) is 0. The van der Waals surface area contributed by atoms with Crippen LogP contribution in [0.1, 0.15) is 46.5 Å². The van der Waals surface area contributed by atoms with Crippen LogP contribution in [0.3, 0.4) is 0 Å². The first-order valence-electron chi connectivity index (χ1n) is 6.37. The van der Waals surface area contributed by atoms with Crippen LogP contribution in [-0.4, -0.2) is 24.2 Å². The molecule has 0 amide bonds. The Morgan fingerprint density at radius 1 is 1.44 bits per heavy atom. The predicted molar refractivity (Wildman–Crippen MR) is 65.4 cm³/mol. The summed E-state index contributed by atoms with van der Waals surface area (Å²) in [6.07, 6.45) is 5.39. The van der Waals surface area contributed by atoms with Crippen LogP contribution in [-0.2, 0) is 4.79 Å². The fraction of sp³-hybridized carbons (Fsp3) is 0.923. The van der Waals surface area contributed by atoms with Crippen LogP contribution in [0.4, 0.5) is 0 Å². The quantitative estimate of drug-likeness (QED) is 0.733. The van der Waals surface area contributed by atoms with Crippen molar-refractivity contribution in [1.29, 1.82) is 0 Å². The zero-order chi connectivity index (χ0) is 12.2. The van der Waals surface area contributed by atoms with Crippen LogP contribution in [0.25, 0.3) is 0 Å². The Labute approximate surface area is 98.6 Å². The fourth-order valence-electron chi connectivity index (χ4n) is 2.55. The molecule has 94 valence electrons. The van der Waals surface area contributed by atoms with Crippen LogP contribution < -0.4 is 5.32 Å². The highest BCUT2D eigenvalue weighted by atomic mass is 16.4. The molecule has 0 spiro atoms. The summed E-state index contributed by atoms with van der Waals surface area (Å²) in [6.45, 7) is 7.83. The number of carbonyl (C=O) groups is 1. The first kappa shape index (κ1) is 13.5. The van der Waals surface area contributed by atoms with Gasteiger partial charge in [0.25, 0.3) is 0 Å². The lowest BCUT2D eigenvalue weighted by Gasteiger charge is -2.32. The molecule has 3 heteroatoms. The fourth-order valence-corrected chi connectivity index (χ4v) is 2.55. The van der Waals surface area contributed by atoms with Crippen LogP contribution in [0, 0.1) is 17.3 Å². The molecule has 0 aromatic heterocycles. The van der Waals surface area contributed by atoms with Gasteiger partial charge in [0.2, 0.25) is 0 Å². The minimum Gasteiger partial charge on any atom is -0.481 e. The van der Waals surface area contributed by atoms with Gasteiger partial charge < -0.3 is 10.4 Å². The summed E-state index contributed by atoms with van der Waals surface area (Å²) in [5.41, 5.74) is 0.300. The third-order valence-corrected chi connectivity index (χ3v) is 3.91. The van der Waals surface area contributed by atoms with Crippen molar-refractivity contribution in [2.75, 3.05) is 13.1 Å². The highest BCUT2D eigenvalue weighted by Gasteiger charge is 2.31. The molecule has 0 aromatic carbocycles. The van der Waals surface area contributed by atoms with Gasteiger partial charge >= 0.3 is 5.97 Å². The average molecular weight is 227 g/mol. The molecule has 1 atom stereocenters. The van der Waals surface area contributed by atoms with Gasteiger partial charge in [-0.15, -0.1) is 0 Å². The molecule has 0 radical (unpaired) electrons. The smallest absolute Gasteiger partial charge is 0.307 e. The average Bonchev–Trinajstić information content (AvgIpc) is 2.70. The van der Waals surface area contributed by atoms with Gasteiger partial charge in [-0.25, -0.2) is 0 Å². The van der Waals surface area contributed by atoms with Crippen molar-refractivity contribution < 1.29 is 9.90 Å². The first-order valence-corrected chi connectivity index (χ1v) is 6.37. The summed E-state index contributed by atoms with van der Waals surface area (Å²) in [4.78, 5) is 10.7. The molecule has 0 saturated heterocycles. The Bertz CT molecular complexity index is 232. The number of nitrogens with one attached hydrogen (secondary N) is 1. The van der Waals surface area contributed by atoms with E-state index in [1.165, 1.54) is 25.7 Å². The third-order valence-electron chi connectivity index (χ3n) is 3.91. The molecule has 0 aliphatic heterocycles. The summed E-state index contributed by atoms with van der Waals surface area (Å²) in [5.74, 6) is -0.203. The molecule has 1 fully saturated rings. The number of hydrogen-bond donors (Lipinski definition) is 2. The molecule has 0 heterocycles. The highest BCUT2D eigenvalue weighted by Crippen LogP contribution is 2.38. The molecule has 1 unspecified atom stereocenters. The van der Waals surface area contributed by atoms with E-state index in [1.54, 1.807) is 6.92 Å². The first-order chi connectivity index (χ1) is 7.43. The molecule has 3 nitrogen and oxygen atoms in total. The molecule has 1 rings (SSSR count). The second kappa shape index (κ2) is 5.67. The monoisotopic (exact) mass is 227 g/mol. The predicted octanol–water partition coefficient (Wildman–Crippen LogP) is 2.51. The molecular weight excluding hydrogens is 202 g/mol. The number of rotatable bonds is 6. The van der Waals surface area contributed by atoms with E-state index in [0.29, 0.717) is 12.0 Å². The Morgan fingerprint density at radius 2 is 2.00 bits per heavy atom. The van der Waals surface area contributed by atoms with E-state index in [4.69, 9.17) is 5.11 Å². The van der Waals surface area contributed by atoms with E-state index < -0.39 is 5.97 Å². The van der Waals surface area contributed by atoms with Crippen molar-refractivity contribution in [2.24, 2.45) is 17.3 Å². The summed E-state index contributed by atoms with van der Waals surface area (Å²) in [5, 5.41) is 12.1.